The number of hydrogen-bond acceptors (Lipinski definition) is 3. The molecule has 16 heavy (non-hydrogen) atoms. The average molecular weight is 215 g/mol. The molecule has 0 spiro atoms. The molecule has 1 aromatic carbocycles. The van der Waals surface area contributed by atoms with Crippen molar-refractivity contribution in [2.45, 2.75) is 6.42 Å². The monoisotopic (exact) mass is 215 g/mol. The number of hydrogen-bond donors (Lipinski definition) is 1. The van der Waals surface area contributed by atoms with Crippen LogP contribution in [-0.4, -0.2) is 18.9 Å². The summed E-state index contributed by atoms with van der Waals surface area (Å²) in [6, 6.07) is 6.61. The van der Waals surface area contributed by atoms with E-state index in [1.807, 2.05) is 0 Å². The van der Waals surface area contributed by atoms with Crippen molar-refractivity contribution in [3.8, 4) is 6.07 Å². The Bertz CT molecular complexity index is 516. The van der Waals surface area contributed by atoms with E-state index in [-0.39, 0.29) is 5.91 Å². The van der Waals surface area contributed by atoms with Gasteiger partial charge in [0.1, 0.15) is 0 Å². The zero-order valence-corrected chi connectivity index (χ0v) is 8.65. The summed E-state index contributed by atoms with van der Waals surface area (Å²) in [5, 5.41) is 10.8. The van der Waals surface area contributed by atoms with E-state index < -0.39 is 5.91 Å². The van der Waals surface area contributed by atoms with Crippen molar-refractivity contribution in [3.63, 3.8) is 0 Å². The van der Waals surface area contributed by atoms with Gasteiger partial charge in [0.25, 0.3) is 0 Å². The Morgan fingerprint density at radius 2 is 2.31 bits per heavy atom. The van der Waals surface area contributed by atoms with E-state index in [0.29, 0.717) is 12.1 Å². The highest BCUT2D eigenvalue weighted by Crippen LogP contribution is 2.29. The molecule has 0 saturated carbocycles. The number of rotatable bonds is 1. The molecule has 2 rings (SSSR count). The lowest BCUT2D eigenvalue weighted by Crippen LogP contribution is -2.20. The largest absolute Gasteiger partial charge is 0.326 e. The lowest BCUT2D eigenvalue weighted by atomic mass is 10.1. The second-order valence-corrected chi connectivity index (χ2v) is 3.54. The summed E-state index contributed by atoms with van der Waals surface area (Å²) in [5.41, 5.74) is 2.25. The molecule has 5 heteroatoms. The molecule has 0 radical (unpaired) electrons. The molecule has 0 aromatic heterocycles. The number of anilines is 2. The van der Waals surface area contributed by atoms with Gasteiger partial charge in [-0.3, -0.25) is 9.59 Å². The van der Waals surface area contributed by atoms with Crippen molar-refractivity contribution in [3.05, 3.63) is 23.8 Å². The molecule has 5 nitrogen and oxygen atoms in total. The molecular weight excluding hydrogens is 206 g/mol. The minimum atomic E-state index is -0.711. The Morgan fingerprint density at radius 3 is 3.00 bits per heavy atom. The summed E-state index contributed by atoms with van der Waals surface area (Å²) in [6.07, 6.45) is 0.335. The molecule has 1 aromatic rings. The van der Waals surface area contributed by atoms with E-state index in [4.69, 9.17) is 5.26 Å². The van der Waals surface area contributed by atoms with Crippen LogP contribution in [0.25, 0.3) is 0 Å². The fourth-order valence-electron chi connectivity index (χ4n) is 1.71. The maximum absolute atomic E-state index is 11.4. The van der Waals surface area contributed by atoms with Crippen molar-refractivity contribution in [1.29, 1.82) is 5.26 Å². The van der Waals surface area contributed by atoms with E-state index in [0.717, 1.165) is 11.3 Å². The van der Waals surface area contributed by atoms with Crippen LogP contribution in [0, 0.1) is 11.3 Å². The first-order valence-electron chi connectivity index (χ1n) is 4.72. The van der Waals surface area contributed by atoms with Crippen LogP contribution < -0.4 is 10.2 Å². The zero-order chi connectivity index (χ0) is 11.7. The van der Waals surface area contributed by atoms with Gasteiger partial charge in [-0.15, -0.1) is 0 Å². The first-order chi connectivity index (χ1) is 7.61. The Morgan fingerprint density at radius 1 is 1.56 bits per heavy atom. The highest BCUT2D eigenvalue weighted by molar-refractivity contribution is 6.04. The summed E-state index contributed by atoms with van der Waals surface area (Å²) in [4.78, 5) is 23.8. The van der Waals surface area contributed by atoms with Crippen LogP contribution in [0.2, 0.25) is 0 Å². The third kappa shape index (κ3) is 1.61. The predicted molar refractivity (Wildman–Crippen MR) is 57.8 cm³/mol. The zero-order valence-electron chi connectivity index (χ0n) is 8.65. The summed E-state index contributed by atoms with van der Waals surface area (Å²) in [5.74, 6) is -0.684. The molecule has 0 atom stereocenters. The number of carbonyl (C=O) groups is 2. The van der Waals surface area contributed by atoms with E-state index in [1.165, 1.54) is 6.07 Å². The maximum Gasteiger partial charge on any atom is 0.326 e. The number of nitriles is 1. The molecule has 0 fully saturated rings. The van der Waals surface area contributed by atoms with Gasteiger partial charge >= 0.3 is 5.91 Å². The van der Waals surface area contributed by atoms with Crippen molar-refractivity contribution in [2.75, 3.05) is 17.3 Å². The molecule has 1 heterocycles. The SMILES string of the molecule is CN1C(=O)Cc2cc(NC(=O)C#N)ccc21. The third-order valence-corrected chi connectivity index (χ3v) is 2.52. The topological polar surface area (TPSA) is 73.2 Å². The predicted octanol–water partition coefficient (Wildman–Crippen LogP) is 0.668. The molecule has 0 aliphatic carbocycles. The van der Waals surface area contributed by atoms with E-state index in [2.05, 4.69) is 5.32 Å². The third-order valence-electron chi connectivity index (χ3n) is 2.52. The number of likely N-dealkylation sites (N-methyl/N-ethyl adjacent to an activating group) is 1. The quantitative estimate of drug-likeness (QED) is 0.699. The Kier molecular flexibility index (Phi) is 2.33. The molecule has 0 saturated heterocycles. The van der Waals surface area contributed by atoms with Crippen molar-refractivity contribution < 1.29 is 9.59 Å². The fraction of sp³-hybridized carbons (Fsp3) is 0.182. The first-order valence-corrected chi connectivity index (χ1v) is 4.72. The molecule has 2 amide bonds. The normalized spacial score (nSPS) is 13.2. The van der Waals surface area contributed by atoms with Gasteiger partial charge in [-0.2, -0.15) is 5.26 Å². The van der Waals surface area contributed by atoms with Crippen molar-refractivity contribution in [1.82, 2.24) is 0 Å². The lowest BCUT2D eigenvalue weighted by molar-refractivity contribution is -0.117. The Hall–Kier alpha value is -2.35. The van der Waals surface area contributed by atoms with Gasteiger partial charge in [-0.1, -0.05) is 0 Å². The Labute approximate surface area is 92.3 Å². The van der Waals surface area contributed by atoms with Crippen LogP contribution in [0.1, 0.15) is 5.56 Å². The number of nitrogens with zero attached hydrogens (tertiary/aromatic N) is 2. The Balaban J connectivity index is 2.29. The number of amides is 2. The van der Waals surface area contributed by atoms with Gasteiger partial charge in [0.05, 0.1) is 6.42 Å². The summed E-state index contributed by atoms with van der Waals surface area (Å²) < 4.78 is 0. The van der Waals surface area contributed by atoms with Gasteiger partial charge in [0.15, 0.2) is 6.07 Å². The lowest BCUT2D eigenvalue weighted by Gasteiger charge is -2.10. The molecular formula is C11H9N3O2. The molecule has 0 unspecified atom stereocenters. The van der Waals surface area contributed by atoms with E-state index in [9.17, 15) is 9.59 Å². The molecule has 0 bridgehead atoms. The van der Waals surface area contributed by atoms with Crippen LogP contribution >= 0.6 is 0 Å². The van der Waals surface area contributed by atoms with Gasteiger partial charge in [0, 0.05) is 18.4 Å². The smallest absolute Gasteiger partial charge is 0.315 e. The summed E-state index contributed by atoms with van der Waals surface area (Å²) in [7, 11) is 1.71. The average Bonchev–Trinajstić information content (AvgIpc) is 2.54. The van der Waals surface area contributed by atoms with Crippen LogP contribution in [0.5, 0.6) is 0 Å². The highest BCUT2D eigenvalue weighted by Gasteiger charge is 2.23. The fourth-order valence-corrected chi connectivity index (χ4v) is 1.71. The van der Waals surface area contributed by atoms with Gasteiger partial charge < -0.3 is 10.2 Å². The van der Waals surface area contributed by atoms with Gasteiger partial charge in [-0.25, -0.2) is 0 Å². The highest BCUT2D eigenvalue weighted by atomic mass is 16.2. The number of carbonyl (C=O) groups excluding carboxylic acids is 2. The van der Waals surface area contributed by atoms with E-state index >= 15 is 0 Å². The molecule has 1 aliphatic rings. The number of benzene rings is 1. The summed E-state index contributed by atoms with van der Waals surface area (Å²) >= 11 is 0. The van der Waals surface area contributed by atoms with Crippen LogP contribution in [-0.2, 0) is 16.0 Å². The standard InChI is InChI=1S/C11H9N3O2/c1-14-9-3-2-8(13-10(15)6-12)4-7(9)5-11(14)16/h2-4H,5H2,1H3,(H,13,15). The van der Waals surface area contributed by atoms with Crippen LogP contribution in [0.15, 0.2) is 18.2 Å². The first kappa shape index (κ1) is 10.2. The maximum atomic E-state index is 11.4. The van der Waals surface area contributed by atoms with Gasteiger partial charge in [0.2, 0.25) is 5.91 Å². The molecule has 1 N–H and O–H groups in total. The van der Waals surface area contributed by atoms with E-state index in [1.54, 1.807) is 30.1 Å². The number of nitrogens with one attached hydrogen (secondary N) is 1. The van der Waals surface area contributed by atoms with Crippen molar-refractivity contribution in [2.24, 2.45) is 0 Å². The second-order valence-electron chi connectivity index (χ2n) is 3.54. The minimum absolute atomic E-state index is 0.0266. The van der Waals surface area contributed by atoms with Crippen LogP contribution in [0.4, 0.5) is 11.4 Å². The van der Waals surface area contributed by atoms with Crippen LogP contribution in [0.3, 0.4) is 0 Å². The van der Waals surface area contributed by atoms with Gasteiger partial charge in [-0.05, 0) is 23.8 Å². The van der Waals surface area contributed by atoms with Crippen molar-refractivity contribution >= 4 is 23.2 Å². The molecule has 80 valence electrons. The number of fused-ring (bicyclic) bond motifs is 1. The summed E-state index contributed by atoms with van der Waals surface area (Å²) in [6.45, 7) is 0. The second kappa shape index (κ2) is 3.66. The minimum Gasteiger partial charge on any atom is -0.315 e. The molecule has 1 aliphatic heterocycles.